The molecular formula is C20H32N4S. The number of rotatable bonds is 7. The van der Waals surface area contributed by atoms with Crippen molar-refractivity contribution in [2.24, 2.45) is 4.99 Å². The van der Waals surface area contributed by atoms with E-state index >= 15 is 0 Å². The highest BCUT2D eigenvalue weighted by atomic mass is 32.2. The zero-order valence-corrected chi connectivity index (χ0v) is 16.3. The summed E-state index contributed by atoms with van der Waals surface area (Å²) in [7, 11) is 0. The molecule has 2 aliphatic rings. The number of nitrogens with one attached hydrogen (secondary N) is 2. The largest absolute Gasteiger partial charge is 0.357 e. The smallest absolute Gasteiger partial charge is 0.191 e. The fourth-order valence-electron chi connectivity index (χ4n) is 3.48. The third-order valence-electron chi connectivity index (χ3n) is 4.91. The predicted molar refractivity (Wildman–Crippen MR) is 109 cm³/mol. The van der Waals surface area contributed by atoms with Crippen LogP contribution in [0.3, 0.4) is 0 Å². The highest BCUT2D eigenvalue weighted by Crippen LogP contribution is 2.25. The first-order chi connectivity index (χ1) is 12.3. The van der Waals surface area contributed by atoms with Gasteiger partial charge in [0.1, 0.15) is 0 Å². The van der Waals surface area contributed by atoms with Gasteiger partial charge in [0, 0.05) is 24.9 Å². The summed E-state index contributed by atoms with van der Waals surface area (Å²) < 4.78 is 0. The molecule has 5 heteroatoms. The molecule has 0 bridgehead atoms. The van der Waals surface area contributed by atoms with Crippen molar-refractivity contribution in [3.63, 3.8) is 0 Å². The number of thioether (sulfide) groups is 1. The van der Waals surface area contributed by atoms with E-state index in [9.17, 15) is 0 Å². The van der Waals surface area contributed by atoms with Crippen LogP contribution < -0.4 is 10.6 Å². The Morgan fingerprint density at radius 3 is 2.56 bits per heavy atom. The van der Waals surface area contributed by atoms with Crippen LogP contribution in [0.1, 0.15) is 43.7 Å². The summed E-state index contributed by atoms with van der Waals surface area (Å²) in [5.41, 5.74) is 2.69. The zero-order valence-electron chi connectivity index (χ0n) is 15.5. The first kappa shape index (κ1) is 18.6. The van der Waals surface area contributed by atoms with Gasteiger partial charge in [-0.15, -0.1) is 0 Å². The van der Waals surface area contributed by atoms with Crippen LogP contribution in [0.2, 0.25) is 0 Å². The summed E-state index contributed by atoms with van der Waals surface area (Å²) in [5, 5.41) is 7.61. The van der Waals surface area contributed by atoms with E-state index < -0.39 is 0 Å². The molecule has 1 aromatic rings. The van der Waals surface area contributed by atoms with Crippen LogP contribution in [0.15, 0.2) is 29.3 Å². The first-order valence-corrected chi connectivity index (χ1v) is 10.8. The average molecular weight is 361 g/mol. The maximum atomic E-state index is 4.75. The van der Waals surface area contributed by atoms with Gasteiger partial charge in [-0.2, -0.15) is 11.8 Å². The van der Waals surface area contributed by atoms with Gasteiger partial charge in [-0.3, -0.25) is 4.90 Å². The lowest BCUT2D eigenvalue weighted by Crippen LogP contribution is -2.40. The average Bonchev–Trinajstić information content (AvgIpc) is 3.32. The maximum absolute atomic E-state index is 4.75. The molecule has 2 heterocycles. The molecule has 1 atom stereocenters. The molecule has 4 nitrogen and oxygen atoms in total. The summed E-state index contributed by atoms with van der Waals surface area (Å²) in [6.45, 7) is 8.37. The van der Waals surface area contributed by atoms with Crippen molar-refractivity contribution in [1.82, 2.24) is 15.5 Å². The number of hydrogen-bond acceptors (Lipinski definition) is 3. The van der Waals surface area contributed by atoms with Crippen molar-refractivity contribution >= 4 is 17.7 Å². The second kappa shape index (κ2) is 10.1. The summed E-state index contributed by atoms with van der Waals surface area (Å²) in [4.78, 5) is 7.30. The van der Waals surface area contributed by atoms with Crippen LogP contribution >= 0.6 is 11.8 Å². The number of likely N-dealkylation sites (tertiary alicyclic amines) is 1. The van der Waals surface area contributed by atoms with Gasteiger partial charge in [0.15, 0.2) is 5.96 Å². The molecule has 1 unspecified atom stereocenters. The van der Waals surface area contributed by atoms with Gasteiger partial charge >= 0.3 is 0 Å². The first-order valence-electron chi connectivity index (χ1n) is 9.77. The topological polar surface area (TPSA) is 39.7 Å². The lowest BCUT2D eigenvalue weighted by atomic mass is 10.1. The molecule has 0 saturated carbocycles. The molecule has 2 N–H and O–H groups in total. The Kier molecular flexibility index (Phi) is 7.49. The molecular weight excluding hydrogens is 328 g/mol. The minimum absolute atomic E-state index is 0.733. The third kappa shape index (κ3) is 6.23. The summed E-state index contributed by atoms with van der Waals surface area (Å²) in [5.74, 6) is 2.25. The highest BCUT2D eigenvalue weighted by molar-refractivity contribution is 8.00. The number of aliphatic imine (C=N–C) groups is 1. The quantitative estimate of drug-likeness (QED) is 0.578. The van der Waals surface area contributed by atoms with Gasteiger partial charge in [0.05, 0.1) is 6.54 Å². The van der Waals surface area contributed by atoms with Gasteiger partial charge < -0.3 is 10.6 Å². The van der Waals surface area contributed by atoms with Crippen LogP contribution in [0, 0.1) is 0 Å². The van der Waals surface area contributed by atoms with E-state index in [1.54, 1.807) is 0 Å². The Hall–Kier alpha value is -1.20. The molecule has 0 spiro atoms. The van der Waals surface area contributed by atoms with Crippen LogP contribution in [0.25, 0.3) is 0 Å². The van der Waals surface area contributed by atoms with Crippen molar-refractivity contribution in [2.75, 3.05) is 31.9 Å². The van der Waals surface area contributed by atoms with Gasteiger partial charge in [0.25, 0.3) is 0 Å². The Labute approximate surface area is 156 Å². The van der Waals surface area contributed by atoms with Crippen LogP contribution in [-0.4, -0.2) is 48.0 Å². The van der Waals surface area contributed by atoms with Gasteiger partial charge in [-0.25, -0.2) is 4.99 Å². The van der Waals surface area contributed by atoms with E-state index in [1.165, 1.54) is 55.7 Å². The Balaban J connectivity index is 1.48. The lowest BCUT2D eigenvalue weighted by molar-refractivity contribution is 0.331. The normalized spacial score (nSPS) is 21.6. The SMILES string of the molecule is CCNC(=NCc1ccc(CN2CCCC2)cc1)NCC1CCCS1. The molecule has 3 rings (SSSR count). The van der Waals surface area contributed by atoms with Crippen molar-refractivity contribution in [3.8, 4) is 0 Å². The van der Waals surface area contributed by atoms with Crippen LogP contribution in [0.5, 0.6) is 0 Å². The van der Waals surface area contributed by atoms with Crippen molar-refractivity contribution < 1.29 is 0 Å². The monoisotopic (exact) mass is 360 g/mol. The second-order valence-electron chi connectivity index (χ2n) is 7.01. The van der Waals surface area contributed by atoms with Gasteiger partial charge in [-0.05, 0) is 62.6 Å². The zero-order chi connectivity index (χ0) is 17.3. The number of guanidine groups is 1. The summed E-state index contributed by atoms with van der Waals surface area (Å²) in [6, 6.07) is 8.98. The fraction of sp³-hybridized carbons (Fsp3) is 0.650. The van der Waals surface area contributed by atoms with E-state index in [1.807, 2.05) is 0 Å². The number of nitrogens with zero attached hydrogens (tertiary/aromatic N) is 2. The molecule has 138 valence electrons. The molecule has 0 aliphatic carbocycles. The van der Waals surface area contributed by atoms with E-state index in [0.717, 1.165) is 37.4 Å². The molecule has 2 aliphatic heterocycles. The van der Waals surface area contributed by atoms with Crippen LogP contribution in [0.4, 0.5) is 0 Å². The Morgan fingerprint density at radius 2 is 1.88 bits per heavy atom. The van der Waals surface area contributed by atoms with Crippen LogP contribution in [-0.2, 0) is 13.1 Å². The minimum Gasteiger partial charge on any atom is -0.357 e. The van der Waals surface area contributed by atoms with E-state index in [-0.39, 0.29) is 0 Å². The Bertz CT molecular complexity index is 531. The Morgan fingerprint density at radius 1 is 1.12 bits per heavy atom. The van der Waals surface area contributed by atoms with Gasteiger partial charge in [-0.1, -0.05) is 24.3 Å². The number of benzene rings is 1. The fourth-order valence-corrected chi connectivity index (χ4v) is 4.68. The molecule has 0 radical (unpaired) electrons. The molecule has 2 fully saturated rings. The molecule has 1 aromatic carbocycles. The van der Waals surface area contributed by atoms with E-state index in [2.05, 4.69) is 58.5 Å². The standard InChI is InChI=1S/C20H32N4S/c1-2-21-20(23-15-19-6-5-13-25-19)22-14-17-7-9-18(10-8-17)16-24-11-3-4-12-24/h7-10,19H,2-6,11-16H2,1H3,(H2,21,22,23). The molecule has 25 heavy (non-hydrogen) atoms. The summed E-state index contributed by atoms with van der Waals surface area (Å²) >= 11 is 2.08. The highest BCUT2D eigenvalue weighted by Gasteiger charge is 2.15. The van der Waals surface area contributed by atoms with Gasteiger partial charge in [0.2, 0.25) is 0 Å². The van der Waals surface area contributed by atoms with Crippen molar-refractivity contribution in [2.45, 2.75) is 50.9 Å². The number of hydrogen-bond donors (Lipinski definition) is 2. The molecule has 2 saturated heterocycles. The minimum atomic E-state index is 0.733. The third-order valence-corrected chi connectivity index (χ3v) is 6.31. The van der Waals surface area contributed by atoms with Crippen molar-refractivity contribution in [3.05, 3.63) is 35.4 Å². The summed E-state index contributed by atoms with van der Waals surface area (Å²) in [6.07, 6.45) is 5.39. The predicted octanol–water partition coefficient (Wildman–Crippen LogP) is 3.23. The second-order valence-corrected chi connectivity index (χ2v) is 8.42. The lowest BCUT2D eigenvalue weighted by Gasteiger charge is -2.15. The maximum Gasteiger partial charge on any atom is 0.191 e. The van der Waals surface area contributed by atoms with E-state index in [0.29, 0.717) is 0 Å². The van der Waals surface area contributed by atoms with Crippen molar-refractivity contribution in [1.29, 1.82) is 0 Å². The molecule has 0 amide bonds. The molecule has 0 aromatic heterocycles. The van der Waals surface area contributed by atoms with E-state index in [4.69, 9.17) is 4.99 Å².